The number of carbonyl (C=O) groups excluding carboxylic acids is 3. The number of nitrogens with one attached hydrogen (secondary N) is 2. The Morgan fingerprint density at radius 1 is 1.14 bits per heavy atom. The van der Waals surface area contributed by atoms with Crippen LogP contribution in [0.5, 0.6) is 0 Å². The van der Waals surface area contributed by atoms with Crippen LogP contribution in [0.15, 0.2) is 52.3 Å². The van der Waals surface area contributed by atoms with E-state index in [0.29, 0.717) is 16.2 Å². The van der Waals surface area contributed by atoms with E-state index in [-0.39, 0.29) is 24.0 Å². The van der Waals surface area contributed by atoms with Gasteiger partial charge < -0.3 is 15.1 Å². The van der Waals surface area contributed by atoms with E-state index in [1.165, 1.54) is 22.3 Å². The molecule has 1 aliphatic rings. The molecule has 0 saturated heterocycles. The van der Waals surface area contributed by atoms with Gasteiger partial charge in [0.2, 0.25) is 5.91 Å². The third-order valence-electron chi connectivity index (χ3n) is 6.09. The maximum absolute atomic E-state index is 14.6. The van der Waals surface area contributed by atoms with Crippen LogP contribution in [-0.2, 0) is 9.59 Å². The van der Waals surface area contributed by atoms with Crippen molar-refractivity contribution < 1.29 is 23.2 Å². The Kier molecular flexibility index (Phi) is 7.65. The number of hydrogen-bond donors (Lipinski definition) is 2. The smallest absolute Gasteiger partial charge is 0.261 e. The lowest BCUT2D eigenvalue weighted by Crippen LogP contribution is -2.49. The monoisotopic (exact) mass is 497 g/mol. The van der Waals surface area contributed by atoms with E-state index in [0.717, 1.165) is 25.7 Å². The van der Waals surface area contributed by atoms with Crippen LogP contribution in [0.25, 0.3) is 0 Å². The number of hydrogen-bond acceptors (Lipinski definition) is 5. The first-order valence-corrected chi connectivity index (χ1v) is 12.5. The molecular formula is C26H28FN3O4S. The summed E-state index contributed by atoms with van der Waals surface area (Å²) >= 11 is 1.25. The highest BCUT2D eigenvalue weighted by atomic mass is 32.1. The summed E-state index contributed by atoms with van der Waals surface area (Å²) in [6.07, 6.45) is 3.77. The molecule has 0 radical (unpaired) electrons. The van der Waals surface area contributed by atoms with E-state index in [2.05, 4.69) is 10.6 Å². The molecule has 7 nitrogen and oxygen atoms in total. The van der Waals surface area contributed by atoms with E-state index in [4.69, 9.17) is 4.42 Å². The zero-order chi connectivity index (χ0) is 24.9. The van der Waals surface area contributed by atoms with E-state index in [1.807, 2.05) is 0 Å². The van der Waals surface area contributed by atoms with Crippen LogP contribution in [0.1, 0.15) is 58.5 Å². The van der Waals surface area contributed by atoms with Gasteiger partial charge in [-0.15, -0.1) is 11.3 Å². The van der Waals surface area contributed by atoms with Gasteiger partial charge in [-0.1, -0.05) is 25.0 Å². The Morgan fingerprint density at radius 3 is 2.54 bits per heavy atom. The number of amides is 3. The third-order valence-corrected chi connectivity index (χ3v) is 6.95. The molecule has 2 heterocycles. The van der Waals surface area contributed by atoms with E-state index in [1.54, 1.807) is 55.6 Å². The average molecular weight is 498 g/mol. The lowest BCUT2D eigenvalue weighted by molar-refractivity contribution is -0.127. The molecule has 2 N–H and O–H groups in total. The molecule has 0 spiro atoms. The Bertz CT molecular complexity index is 1200. The first-order valence-electron chi connectivity index (χ1n) is 11.6. The van der Waals surface area contributed by atoms with E-state index < -0.39 is 29.6 Å². The second-order valence-corrected chi connectivity index (χ2v) is 9.65. The molecule has 2 aromatic heterocycles. The number of anilines is 1. The molecule has 3 aromatic rings. The van der Waals surface area contributed by atoms with Gasteiger partial charge in [-0.05, 0) is 68.0 Å². The molecule has 1 aromatic carbocycles. The van der Waals surface area contributed by atoms with Gasteiger partial charge in [-0.25, -0.2) is 4.39 Å². The van der Waals surface area contributed by atoms with Crippen LogP contribution in [-0.4, -0.2) is 30.3 Å². The van der Waals surface area contributed by atoms with Crippen molar-refractivity contribution in [1.82, 2.24) is 10.6 Å². The van der Waals surface area contributed by atoms with Gasteiger partial charge >= 0.3 is 0 Å². The van der Waals surface area contributed by atoms with Crippen molar-refractivity contribution in [2.24, 2.45) is 0 Å². The fraction of sp³-hybridized carbons (Fsp3) is 0.346. The lowest BCUT2D eigenvalue weighted by Gasteiger charge is -2.31. The highest BCUT2D eigenvalue weighted by Crippen LogP contribution is 2.31. The Labute approximate surface area is 207 Å². The normalized spacial score (nSPS) is 14.5. The Balaban J connectivity index is 1.68. The number of halogens is 1. The summed E-state index contributed by atoms with van der Waals surface area (Å²) in [5.41, 5.74) is 0.608. The average Bonchev–Trinajstić information content (AvgIpc) is 3.61. The molecular weight excluding hydrogens is 469 g/mol. The standard InChI is InChI=1S/C26H28FN3O4S/c1-16-9-11-19(14-20(16)27)30(23(31)15-28-25(32)22-8-5-13-35-22)24(21-12-10-17(2)34-21)26(33)29-18-6-3-4-7-18/h5,8-14,18,24H,3-4,6-7,15H2,1-2H3,(H,28,32)(H,29,33). The number of carbonyl (C=O) groups is 3. The van der Waals surface area contributed by atoms with Crippen molar-refractivity contribution in [2.45, 2.75) is 51.6 Å². The topological polar surface area (TPSA) is 91.7 Å². The molecule has 0 bridgehead atoms. The third kappa shape index (κ3) is 5.79. The lowest BCUT2D eigenvalue weighted by atomic mass is 10.1. The molecule has 35 heavy (non-hydrogen) atoms. The second kappa shape index (κ2) is 10.9. The van der Waals surface area contributed by atoms with Gasteiger partial charge in [-0.2, -0.15) is 0 Å². The van der Waals surface area contributed by atoms with Crippen molar-refractivity contribution in [3.8, 4) is 0 Å². The number of thiophene rings is 1. The molecule has 0 aliphatic heterocycles. The number of rotatable bonds is 8. The maximum atomic E-state index is 14.6. The van der Waals surface area contributed by atoms with Crippen LogP contribution in [0, 0.1) is 19.7 Å². The summed E-state index contributed by atoms with van der Waals surface area (Å²) in [6, 6.07) is 9.94. The molecule has 1 aliphatic carbocycles. The molecule has 1 fully saturated rings. The van der Waals surface area contributed by atoms with Crippen LogP contribution in [0.3, 0.4) is 0 Å². The van der Waals surface area contributed by atoms with Gasteiger partial charge in [0, 0.05) is 11.7 Å². The minimum atomic E-state index is -1.17. The minimum absolute atomic E-state index is 0.00583. The molecule has 4 rings (SSSR count). The molecule has 184 valence electrons. The van der Waals surface area contributed by atoms with Gasteiger partial charge in [-0.3, -0.25) is 19.3 Å². The van der Waals surface area contributed by atoms with Crippen molar-refractivity contribution in [2.75, 3.05) is 11.4 Å². The second-order valence-electron chi connectivity index (χ2n) is 8.70. The zero-order valence-electron chi connectivity index (χ0n) is 19.7. The van der Waals surface area contributed by atoms with Crippen LogP contribution >= 0.6 is 11.3 Å². The quantitative estimate of drug-likeness (QED) is 0.474. The summed E-state index contributed by atoms with van der Waals surface area (Å²) in [6.45, 7) is 2.99. The number of aryl methyl sites for hydroxylation is 2. The molecule has 1 atom stereocenters. The predicted molar refractivity (Wildman–Crippen MR) is 132 cm³/mol. The fourth-order valence-corrected chi connectivity index (χ4v) is 4.87. The first kappa shape index (κ1) is 24.7. The largest absolute Gasteiger partial charge is 0.464 e. The van der Waals surface area contributed by atoms with Gasteiger partial charge in [0.05, 0.1) is 11.4 Å². The summed E-state index contributed by atoms with van der Waals surface area (Å²) < 4.78 is 20.4. The summed E-state index contributed by atoms with van der Waals surface area (Å²) in [5.74, 6) is -1.05. The Hall–Kier alpha value is -3.46. The van der Waals surface area contributed by atoms with Crippen molar-refractivity contribution in [1.29, 1.82) is 0 Å². The van der Waals surface area contributed by atoms with Gasteiger partial charge in [0.1, 0.15) is 17.3 Å². The fourth-order valence-electron chi connectivity index (χ4n) is 4.23. The van der Waals surface area contributed by atoms with E-state index >= 15 is 0 Å². The number of benzene rings is 1. The highest BCUT2D eigenvalue weighted by Gasteiger charge is 2.36. The van der Waals surface area contributed by atoms with Crippen LogP contribution in [0.4, 0.5) is 10.1 Å². The first-order chi connectivity index (χ1) is 16.8. The number of furan rings is 1. The summed E-state index contributed by atoms with van der Waals surface area (Å²) in [7, 11) is 0. The molecule has 1 unspecified atom stereocenters. The van der Waals surface area contributed by atoms with Gasteiger partial charge in [0.15, 0.2) is 6.04 Å². The van der Waals surface area contributed by atoms with Crippen molar-refractivity contribution >= 4 is 34.7 Å². The molecule has 3 amide bonds. The SMILES string of the molecule is Cc1ccc(C(C(=O)NC2CCCC2)N(C(=O)CNC(=O)c2cccs2)c2ccc(C)c(F)c2)o1. The molecule has 1 saturated carbocycles. The minimum Gasteiger partial charge on any atom is -0.464 e. The predicted octanol–water partition coefficient (Wildman–Crippen LogP) is 4.66. The summed E-state index contributed by atoms with van der Waals surface area (Å²) in [4.78, 5) is 41.2. The summed E-state index contributed by atoms with van der Waals surface area (Å²) in [5, 5.41) is 7.41. The van der Waals surface area contributed by atoms with Crippen LogP contribution in [0.2, 0.25) is 0 Å². The number of nitrogens with zero attached hydrogens (tertiary/aromatic N) is 1. The van der Waals surface area contributed by atoms with Gasteiger partial charge in [0.25, 0.3) is 11.8 Å². The Morgan fingerprint density at radius 2 is 1.91 bits per heavy atom. The van der Waals surface area contributed by atoms with Crippen molar-refractivity contribution in [3.05, 3.63) is 75.6 Å². The maximum Gasteiger partial charge on any atom is 0.261 e. The molecule has 9 heteroatoms. The van der Waals surface area contributed by atoms with Crippen LogP contribution < -0.4 is 15.5 Å². The highest BCUT2D eigenvalue weighted by molar-refractivity contribution is 7.12. The van der Waals surface area contributed by atoms with Crippen molar-refractivity contribution in [3.63, 3.8) is 0 Å². The zero-order valence-corrected chi connectivity index (χ0v) is 20.5. The van der Waals surface area contributed by atoms with E-state index in [9.17, 15) is 18.8 Å².